The van der Waals surface area contributed by atoms with Crippen LogP contribution in [0, 0.1) is 0 Å². The Balaban J connectivity index is 1.86. The van der Waals surface area contributed by atoms with Crippen LogP contribution in [-0.2, 0) is 6.54 Å². The molecule has 92 valence electrons. The Hall–Kier alpha value is -1.59. The van der Waals surface area contributed by atoms with Crippen molar-refractivity contribution in [3.05, 3.63) is 35.9 Å². The minimum absolute atomic E-state index is 0.182. The van der Waals surface area contributed by atoms with Gasteiger partial charge in [0.15, 0.2) is 0 Å². The molecule has 2 rings (SSSR count). The van der Waals surface area contributed by atoms with Crippen molar-refractivity contribution >= 4 is 6.09 Å². The lowest BCUT2D eigenvalue weighted by atomic mass is 10.2. The number of aliphatic hydroxyl groups excluding tert-OH is 1. The molecule has 1 aliphatic heterocycles. The highest BCUT2D eigenvalue weighted by molar-refractivity contribution is 5.65. The van der Waals surface area contributed by atoms with Gasteiger partial charge in [-0.25, -0.2) is 4.79 Å². The number of carbonyl (C=O) groups is 1. The van der Waals surface area contributed by atoms with Crippen LogP contribution in [0.25, 0.3) is 0 Å². The van der Waals surface area contributed by atoms with Gasteiger partial charge in [-0.3, -0.25) is 0 Å². The predicted octanol–water partition coefficient (Wildman–Crippen LogP) is 0.499. The normalized spacial score (nSPS) is 23.9. The molecule has 0 bridgehead atoms. The molecular weight excluding hydrogens is 220 g/mol. The standard InChI is InChI=1S/C12H16N2O3/c15-11-8-14(12(16)17)7-10(11)13-6-9-4-2-1-3-5-9/h1-5,10-11,13,15H,6-8H2,(H,16,17)/t10-,11+/m1/s1. The molecule has 2 atom stereocenters. The second kappa shape index (κ2) is 5.16. The summed E-state index contributed by atoms with van der Waals surface area (Å²) in [4.78, 5) is 12.0. The number of nitrogens with zero attached hydrogens (tertiary/aromatic N) is 1. The van der Waals surface area contributed by atoms with Gasteiger partial charge < -0.3 is 20.4 Å². The SMILES string of the molecule is O=C(O)N1C[C@H](O)[C@H](NCc2ccccc2)C1. The molecule has 5 heteroatoms. The molecule has 0 spiro atoms. The first-order chi connectivity index (χ1) is 8.16. The molecule has 0 saturated carbocycles. The molecule has 0 unspecified atom stereocenters. The van der Waals surface area contributed by atoms with Gasteiger partial charge in [0.1, 0.15) is 0 Å². The second-order valence-electron chi connectivity index (χ2n) is 4.23. The first-order valence-corrected chi connectivity index (χ1v) is 5.60. The number of nitrogens with one attached hydrogen (secondary N) is 1. The highest BCUT2D eigenvalue weighted by Gasteiger charge is 2.33. The Morgan fingerprint density at radius 3 is 2.65 bits per heavy atom. The van der Waals surface area contributed by atoms with Crippen molar-refractivity contribution in [1.29, 1.82) is 0 Å². The molecule has 1 saturated heterocycles. The molecule has 5 nitrogen and oxygen atoms in total. The van der Waals surface area contributed by atoms with E-state index >= 15 is 0 Å². The minimum atomic E-state index is -0.979. The topological polar surface area (TPSA) is 72.8 Å². The fourth-order valence-electron chi connectivity index (χ4n) is 1.99. The Morgan fingerprint density at radius 1 is 1.35 bits per heavy atom. The third-order valence-corrected chi connectivity index (χ3v) is 2.97. The van der Waals surface area contributed by atoms with Crippen molar-refractivity contribution in [2.45, 2.75) is 18.7 Å². The zero-order chi connectivity index (χ0) is 12.3. The van der Waals surface area contributed by atoms with E-state index in [4.69, 9.17) is 5.11 Å². The summed E-state index contributed by atoms with van der Waals surface area (Å²) in [5.74, 6) is 0. The van der Waals surface area contributed by atoms with Gasteiger partial charge >= 0.3 is 6.09 Å². The van der Waals surface area contributed by atoms with E-state index in [2.05, 4.69) is 5.32 Å². The van der Waals surface area contributed by atoms with Crippen LogP contribution in [0.1, 0.15) is 5.56 Å². The van der Waals surface area contributed by atoms with E-state index in [0.717, 1.165) is 5.56 Å². The van der Waals surface area contributed by atoms with E-state index in [1.807, 2.05) is 30.3 Å². The lowest BCUT2D eigenvalue weighted by Crippen LogP contribution is -2.38. The molecule has 0 radical (unpaired) electrons. The van der Waals surface area contributed by atoms with Crippen molar-refractivity contribution in [1.82, 2.24) is 10.2 Å². The Morgan fingerprint density at radius 2 is 2.06 bits per heavy atom. The number of hydrogen-bond donors (Lipinski definition) is 3. The predicted molar refractivity (Wildman–Crippen MR) is 62.7 cm³/mol. The fraction of sp³-hybridized carbons (Fsp3) is 0.417. The zero-order valence-electron chi connectivity index (χ0n) is 9.41. The monoisotopic (exact) mass is 236 g/mol. The van der Waals surface area contributed by atoms with E-state index in [1.165, 1.54) is 4.90 Å². The maximum absolute atomic E-state index is 10.8. The van der Waals surface area contributed by atoms with Crippen LogP contribution in [0.3, 0.4) is 0 Å². The molecule has 1 aromatic carbocycles. The largest absolute Gasteiger partial charge is 0.465 e. The van der Waals surface area contributed by atoms with E-state index in [1.54, 1.807) is 0 Å². The van der Waals surface area contributed by atoms with Crippen LogP contribution >= 0.6 is 0 Å². The number of benzene rings is 1. The van der Waals surface area contributed by atoms with Gasteiger partial charge in [0.05, 0.1) is 18.7 Å². The van der Waals surface area contributed by atoms with Gasteiger partial charge in [0.2, 0.25) is 0 Å². The summed E-state index contributed by atoms with van der Waals surface area (Å²) in [5.41, 5.74) is 1.12. The van der Waals surface area contributed by atoms with E-state index < -0.39 is 12.2 Å². The summed E-state index contributed by atoms with van der Waals surface area (Å²) in [7, 11) is 0. The van der Waals surface area contributed by atoms with Gasteiger partial charge in [-0.2, -0.15) is 0 Å². The lowest BCUT2D eigenvalue weighted by Gasteiger charge is -2.15. The summed E-state index contributed by atoms with van der Waals surface area (Å²) in [6.45, 7) is 1.15. The smallest absolute Gasteiger partial charge is 0.407 e. The van der Waals surface area contributed by atoms with Crippen molar-refractivity contribution < 1.29 is 15.0 Å². The fourth-order valence-corrected chi connectivity index (χ4v) is 1.99. The van der Waals surface area contributed by atoms with Crippen molar-refractivity contribution in [3.63, 3.8) is 0 Å². The molecule has 0 aromatic heterocycles. The first-order valence-electron chi connectivity index (χ1n) is 5.60. The molecule has 1 heterocycles. The average Bonchev–Trinajstić information content (AvgIpc) is 2.70. The number of aliphatic hydroxyl groups is 1. The van der Waals surface area contributed by atoms with Crippen LogP contribution in [0.15, 0.2) is 30.3 Å². The minimum Gasteiger partial charge on any atom is -0.465 e. The summed E-state index contributed by atoms with van der Waals surface area (Å²) >= 11 is 0. The van der Waals surface area contributed by atoms with Gasteiger partial charge in [0, 0.05) is 13.1 Å². The molecule has 1 aromatic rings. The molecule has 17 heavy (non-hydrogen) atoms. The van der Waals surface area contributed by atoms with Crippen LogP contribution in [0.2, 0.25) is 0 Å². The Kier molecular flexibility index (Phi) is 3.61. The maximum Gasteiger partial charge on any atom is 0.407 e. The summed E-state index contributed by atoms with van der Waals surface area (Å²) in [6.07, 6.45) is -1.61. The van der Waals surface area contributed by atoms with Crippen LogP contribution < -0.4 is 5.32 Å². The maximum atomic E-state index is 10.8. The summed E-state index contributed by atoms with van der Waals surface area (Å²) in [6, 6.07) is 9.63. The van der Waals surface area contributed by atoms with Gasteiger partial charge in [-0.1, -0.05) is 30.3 Å². The summed E-state index contributed by atoms with van der Waals surface area (Å²) in [5, 5.41) is 21.7. The highest BCUT2D eigenvalue weighted by Crippen LogP contribution is 2.11. The van der Waals surface area contributed by atoms with E-state index in [-0.39, 0.29) is 12.6 Å². The molecule has 1 amide bonds. The number of amides is 1. The van der Waals surface area contributed by atoms with Crippen molar-refractivity contribution in [2.24, 2.45) is 0 Å². The van der Waals surface area contributed by atoms with Crippen LogP contribution in [0.4, 0.5) is 4.79 Å². The Bertz CT molecular complexity index is 383. The van der Waals surface area contributed by atoms with Crippen molar-refractivity contribution in [3.8, 4) is 0 Å². The summed E-state index contributed by atoms with van der Waals surface area (Å²) < 4.78 is 0. The quantitative estimate of drug-likeness (QED) is 0.714. The van der Waals surface area contributed by atoms with Crippen molar-refractivity contribution in [2.75, 3.05) is 13.1 Å². The molecule has 1 aliphatic rings. The van der Waals surface area contributed by atoms with E-state index in [0.29, 0.717) is 13.1 Å². The first kappa shape index (κ1) is 11.9. The third kappa shape index (κ3) is 2.95. The second-order valence-corrected chi connectivity index (χ2v) is 4.23. The molecule has 3 N–H and O–H groups in total. The lowest BCUT2D eigenvalue weighted by molar-refractivity contribution is 0.136. The highest BCUT2D eigenvalue weighted by atomic mass is 16.4. The van der Waals surface area contributed by atoms with Gasteiger partial charge in [0.25, 0.3) is 0 Å². The zero-order valence-corrected chi connectivity index (χ0v) is 9.41. The number of β-amino-alcohol motifs (C(OH)–C–C–N with tert-alkyl or cyclic N) is 1. The number of carboxylic acid groups (broad SMARTS) is 1. The number of hydrogen-bond acceptors (Lipinski definition) is 3. The van der Waals surface area contributed by atoms with Crippen LogP contribution in [-0.4, -0.2) is 46.4 Å². The third-order valence-electron chi connectivity index (χ3n) is 2.97. The van der Waals surface area contributed by atoms with Crippen LogP contribution in [0.5, 0.6) is 0 Å². The number of likely N-dealkylation sites (tertiary alicyclic amines) is 1. The van der Waals surface area contributed by atoms with Gasteiger partial charge in [-0.15, -0.1) is 0 Å². The van der Waals surface area contributed by atoms with Gasteiger partial charge in [-0.05, 0) is 5.56 Å². The molecular formula is C12H16N2O3. The number of rotatable bonds is 3. The Labute approximate surface area is 99.7 Å². The average molecular weight is 236 g/mol. The molecule has 0 aliphatic carbocycles. The van der Waals surface area contributed by atoms with E-state index in [9.17, 15) is 9.90 Å². The molecule has 1 fully saturated rings.